The van der Waals surface area contributed by atoms with Crippen molar-refractivity contribution < 1.29 is 19.1 Å². The summed E-state index contributed by atoms with van der Waals surface area (Å²) in [7, 11) is 1.29. The number of hydrogen-bond acceptors (Lipinski definition) is 4. The summed E-state index contributed by atoms with van der Waals surface area (Å²) < 4.78 is 9.58. The van der Waals surface area contributed by atoms with Gasteiger partial charge in [-0.05, 0) is 26.8 Å². The molecule has 1 heterocycles. The molecule has 0 fully saturated rings. The summed E-state index contributed by atoms with van der Waals surface area (Å²) in [4.78, 5) is 25.3. The van der Waals surface area contributed by atoms with E-state index in [0.717, 1.165) is 0 Å². The number of H-pyrrole nitrogens is 1. The lowest BCUT2D eigenvalue weighted by Gasteiger charge is -2.19. The lowest BCUT2D eigenvalue weighted by Crippen LogP contribution is -2.27. The van der Waals surface area contributed by atoms with Gasteiger partial charge in [0.2, 0.25) is 0 Å². The van der Waals surface area contributed by atoms with Gasteiger partial charge in [-0.25, -0.2) is 9.59 Å². The lowest BCUT2D eigenvalue weighted by molar-refractivity contribution is 0.0597. The quantitative estimate of drug-likeness (QED) is 0.776. The van der Waals surface area contributed by atoms with Crippen molar-refractivity contribution in [2.24, 2.45) is 0 Å². The molecule has 6 nitrogen and oxygen atoms in total. The molecule has 0 atom stereocenters. The van der Waals surface area contributed by atoms with Crippen LogP contribution in [0.1, 0.15) is 31.1 Å². The Kier molecular flexibility index (Phi) is 3.77. The van der Waals surface area contributed by atoms with Crippen LogP contribution in [0.25, 0.3) is 0 Å². The highest BCUT2D eigenvalue weighted by atomic mass is 16.6. The van der Waals surface area contributed by atoms with Gasteiger partial charge in [0.1, 0.15) is 11.4 Å². The van der Waals surface area contributed by atoms with Crippen LogP contribution in [0, 0.1) is 0 Å². The first kappa shape index (κ1) is 13.1. The highest BCUT2D eigenvalue weighted by molar-refractivity contribution is 5.92. The minimum absolute atomic E-state index is 0.332. The second-order valence-electron chi connectivity index (χ2n) is 4.42. The molecule has 0 aliphatic carbocycles. The van der Waals surface area contributed by atoms with Gasteiger partial charge in [0.25, 0.3) is 0 Å². The average molecular weight is 240 g/mol. The Labute approximate surface area is 99.3 Å². The predicted octanol–water partition coefficient (Wildman–Crippen LogP) is 2.15. The summed E-state index contributed by atoms with van der Waals surface area (Å²) in [6.07, 6.45) is 0.856. The topological polar surface area (TPSA) is 80.4 Å². The number of carbonyl (C=O) groups is 2. The van der Waals surface area contributed by atoms with Gasteiger partial charge in [-0.1, -0.05) is 0 Å². The van der Waals surface area contributed by atoms with E-state index in [1.54, 1.807) is 20.8 Å². The van der Waals surface area contributed by atoms with Crippen LogP contribution in [0.2, 0.25) is 0 Å². The molecule has 2 N–H and O–H groups in total. The van der Waals surface area contributed by atoms with Crippen molar-refractivity contribution in [1.29, 1.82) is 0 Å². The fourth-order valence-electron chi connectivity index (χ4n) is 1.12. The van der Waals surface area contributed by atoms with E-state index in [9.17, 15) is 9.59 Å². The molecule has 0 unspecified atom stereocenters. The maximum absolute atomic E-state index is 11.4. The first-order valence-corrected chi connectivity index (χ1v) is 5.08. The van der Waals surface area contributed by atoms with Crippen molar-refractivity contribution in [2.45, 2.75) is 26.4 Å². The van der Waals surface area contributed by atoms with Crippen LogP contribution in [0.15, 0.2) is 12.3 Å². The smallest absolute Gasteiger partial charge is 0.413 e. The van der Waals surface area contributed by atoms with Crippen LogP contribution in [-0.4, -0.2) is 29.8 Å². The van der Waals surface area contributed by atoms with Crippen LogP contribution in [-0.2, 0) is 9.47 Å². The predicted molar refractivity (Wildman–Crippen MR) is 62.0 cm³/mol. The number of hydrogen-bond donors (Lipinski definition) is 2. The van der Waals surface area contributed by atoms with Crippen LogP contribution >= 0.6 is 0 Å². The zero-order valence-electron chi connectivity index (χ0n) is 10.3. The second-order valence-corrected chi connectivity index (χ2v) is 4.42. The van der Waals surface area contributed by atoms with Gasteiger partial charge in [0.15, 0.2) is 0 Å². The van der Waals surface area contributed by atoms with E-state index in [1.165, 1.54) is 19.4 Å². The monoisotopic (exact) mass is 240 g/mol. The molecule has 1 rings (SSSR count). The Bertz CT molecular complexity index is 417. The van der Waals surface area contributed by atoms with Crippen LogP contribution < -0.4 is 5.32 Å². The SMILES string of the molecule is COC(=O)c1c[nH]c(NC(=O)OC(C)(C)C)c1. The first-order valence-electron chi connectivity index (χ1n) is 5.08. The normalized spacial score (nSPS) is 10.8. The Morgan fingerprint density at radius 1 is 1.35 bits per heavy atom. The third-order valence-electron chi connectivity index (χ3n) is 1.74. The molecule has 0 saturated carbocycles. The van der Waals surface area contributed by atoms with Crippen molar-refractivity contribution in [3.05, 3.63) is 17.8 Å². The van der Waals surface area contributed by atoms with Crippen molar-refractivity contribution in [3.63, 3.8) is 0 Å². The average Bonchev–Trinajstić information content (AvgIpc) is 2.62. The Hall–Kier alpha value is -1.98. The van der Waals surface area contributed by atoms with E-state index in [2.05, 4.69) is 15.0 Å². The van der Waals surface area contributed by atoms with Crippen LogP contribution in [0.5, 0.6) is 0 Å². The van der Waals surface area contributed by atoms with E-state index >= 15 is 0 Å². The van der Waals surface area contributed by atoms with Gasteiger partial charge in [-0.2, -0.15) is 0 Å². The number of ether oxygens (including phenoxy) is 2. The molecule has 17 heavy (non-hydrogen) atoms. The van der Waals surface area contributed by atoms with E-state index in [1.807, 2.05) is 0 Å². The number of aromatic nitrogens is 1. The Morgan fingerprint density at radius 3 is 2.53 bits per heavy atom. The summed E-state index contributed by atoms with van der Waals surface area (Å²) in [5, 5.41) is 2.47. The highest BCUT2D eigenvalue weighted by Crippen LogP contribution is 2.12. The van der Waals surface area contributed by atoms with Gasteiger partial charge < -0.3 is 14.5 Å². The highest BCUT2D eigenvalue weighted by Gasteiger charge is 2.17. The number of methoxy groups -OCH3 is 1. The van der Waals surface area contributed by atoms with Crippen molar-refractivity contribution in [2.75, 3.05) is 12.4 Å². The van der Waals surface area contributed by atoms with Crippen molar-refractivity contribution in [1.82, 2.24) is 4.98 Å². The number of nitrogens with one attached hydrogen (secondary N) is 2. The summed E-state index contributed by atoms with van der Waals surface area (Å²) in [5.41, 5.74) is -0.236. The van der Waals surface area contributed by atoms with E-state index in [0.29, 0.717) is 11.4 Å². The molecule has 0 aliphatic heterocycles. The zero-order chi connectivity index (χ0) is 13.1. The summed E-state index contributed by atoms with van der Waals surface area (Å²) >= 11 is 0. The van der Waals surface area contributed by atoms with Crippen molar-refractivity contribution >= 4 is 17.9 Å². The molecule has 0 spiro atoms. The number of rotatable bonds is 2. The van der Waals surface area contributed by atoms with E-state index < -0.39 is 17.7 Å². The zero-order valence-corrected chi connectivity index (χ0v) is 10.3. The molecule has 6 heteroatoms. The number of amides is 1. The molecule has 0 aliphatic rings. The molecule has 0 bridgehead atoms. The maximum Gasteiger partial charge on any atom is 0.413 e. The molecular weight excluding hydrogens is 224 g/mol. The van der Waals surface area contributed by atoms with Crippen LogP contribution in [0.4, 0.5) is 10.6 Å². The van der Waals surface area contributed by atoms with E-state index in [4.69, 9.17) is 4.74 Å². The Morgan fingerprint density at radius 2 is 2.00 bits per heavy atom. The fraction of sp³-hybridized carbons (Fsp3) is 0.455. The summed E-state index contributed by atoms with van der Waals surface area (Å²) in [5.74, 6) is -0.0989. The largest absolute Gasteiger partial charge is 0.465 e. The van der Waals surface area contributed by atoms with Gasteiger partial charge >= 0.3 is 12.1 Å². The van der Waals surface area contributed by atoms with Gasteiger partial charge in [0, 0.05) is 6.20 Å². The van der Waals surface area contributed by atoms with Crippen molar-refractivity contribution in [3.8, 4) is 0 Å². The molecule has 0 radical (unpaired) electrons. The number of anilines is 1. The lowest BCUT2D eigenvalue weighted by atomic mass is 10.2. The number of carbonyl (C=O) groups excluding carboxylic acids is 2. The fourth-order valence-corrected chi connectivity index (χ4v) is 1.12. The van der Waals surface area contributed by atoms with Gasteiger partial charge in [-0.15, -0.1) is 0 Å². The third kappa shape index (κ3) is 4.18. The summed E-state index contributed by atoms with van der Waals surface area (Å²) in [6.45, 7) is 5.30. The first-order chi connectivity index (χ1) is 7.81. The summed E-state index contributed by atoms with van der Waals surface area (Å²) in [6, 6.07) is 1.47. The molecule has 1 aromatic heterocycles. The maximum atomic E-state index is 11.4. The Balaban J connectivity index is 2.61. The van der Waals surface area contributed by atoms with Gasteiger partial charge in [-0.3, -0.25) is 5.32 Å². The minimum Gasteiger partial charge on any atom is -0.465 e. The molecular formula is C11H16N2O4. The second kappa shape index (κ2) is 4.90. The molecule has 0 aromatic carbocycles. The molecule has 94 valence electrons. The molecule has 1 amide bonds. The minimum atomic E-state index is -0.587. The molecule has 1 aromatic rings. The van der Waals surface area contributed by atoms with Crippen LogP contribution in [0.3, 0.4) is 0 Å². The standard InChI is InChI=1S/C11H16N2O4/c1-11(2,3)17-10(15)13-8-5-7(6-12-8)9(14)16-4/h5-6,12H,1-4H3,(H,13,15). The number of aromatic amines is 1. The molecule has 0 saturated heterocycles. The van der Waals surface area contributed by atoms with E-state index in [-0.39, 0.29) is 0 Å². The number of esters is 1. The third-order valence-corrected chi connectivity index (χ3v) is 1.74. The van der Waals surface area contributed by atoms with Gasteiger partial charge in [0.05, 0.1) is 12.7 Å².